The van der Waals surface area contributed by atoms with Crippen molar-refractivity contribution < 1.29 is 0 Å². The molecule has 11 heavy (non-hydrogen) atoms. The standard InChI is InChI=1S/C8H9ClN2/c9-8(3-1-4-8)7-2-5-10-6-11-7/h2,5-6H,1,3-4H2. The fourth-order valence-corrected chi connectivity index (χ4v) is 1.68. The van der Waals surface area contributed by atoms with Gasteiger partial charge in [-0.1, -0.05) is 0 Å². The molecule has 0 aliphatic heterocycles. The van der Waals surface area contributed by atoms with Gasteiger partial charge in [-0.05, 0) is 25.3 Å². The SMILES string of the molecule is ClC1(c2ccncn2)CCC1. The average Bonchev–Trinajstić information content (AvgIpc) is 2.02. The summed E-state index contributed by atoms with van der Waals surface area (Å²) in [6.07, 6.45) is 6.60. The number of alkyl halides is 1. The fraction of sp³-hybridized carbons (Fsp3) is 0.500. The molecule has 1 fully saturated rings. The summed E-state index contributed by atoms with van der Waals surface area (Å²) in [4.78, 5) is 7.81. The zero-order valence-electron chi connectivity index (χ0n) is 6.13. The molecule has 0 aromatic carbocycles. The molecular formula is C8H9ClN2. The Bertz CT molecular complexity index is 244. The van der Waals surface area contributed by atoms with Crippen molar-refractivity contribution in [1.82, 2.24) is 9.97 Å². The summed E-state index contributed by atoms with van der Waals surface area (Å²) in [5.41, 5.74) is 0.973. The number of halogens is 1. The van der Waals surface area contributed by atoms with Crippen LogP contribution in [0.15, 0.2) is 18.6 Å². The molecule has 0 unspecified atom stereocenters. The van der Waals surface area contributed by atoms with E-state index in [1.807, 2.05) is 6.07 Å². The van der Waals surface area contributed by atoms with Gasteiger partial charge in [0.05, 0.1) is 10.6 Å². The van der Waals surface area contributed by atoms with Crippen LogP contribution in [0.5, 0.6) is 0 Å². The number of hydrogen-bond acceptors (Lipinski definition) is 2. The molecule has 1 saturated carbocycles. The van der Waals surface area contributed by atoms with Crippen molar-refractivity contribution in [2.24, 2.45) is 0 Å². The monoisotopic (exact) mass is 168 g/mol. The zero-order chi connectivity index (χ0) is 7.73. The highest BCUT2D eigenvalue weighted by molar-refractivity contribution is 6.24. The Balaban J connectivity index is 2.29. The van der Waals surface area contributed by atoms with Gasteiger partial charge in [0.25, 0.3) is 0 Å². The summed E-state index contributed by atoms with van der Waals surface area (Å²) in [5, 5.41) is 0. The first-order valence-electron chi connectivity index (χ1n) is 3.77. The lowest BCUT2D eigenvalue weighted by Crippen LogP contribution is -2.28. The minimum absolute atomic E-state index is 0.164. The van der Waals surface area contributed by atoms with Crippen molar-refractivity contribution in [2.75, 3.05) is 0 Å². The first-order chi connectivity index (χ1) is 5.31. The van der Waals surface area contributed by atoms with E-state index in [-0.39, 0.29) is 4.87 Å². The number of hydrogen-bond donors (Lipinski definition) is 0. The number of nitrogens with zero attached hydrogens (tertiary/aromatic N) is 2. The van der Waals surface area contributed by atoms with Gasteiger partial charge in [-0.15, -0.1) is 11.6 Å². The van der Waals surface area contributed by atoms with Crippen LogP contribution >= 0.6 is 11.6 Å². The molecule has 0 amide bonds. The van der Waals surface area contributed by atoms with E-state index in [4.69, 9.17) is 11.6 Å². The normalized spacial score (nSPS) is 20.8. The van der Waals surface area contributed by atoms with E-state index in [0.29, 0.717) is 0 Å². The van der Waals surface area contributed by atoms with E-state index in [1.165, 1.54) is 6.42 Å². The minimum Gasteiger partial charge on any atom is -0.245 e. The van der Waals surface area contributed by atoms with Gasteiger partial charge in [-0.25, -0.2) is 9.97 Å². The Kier molecular flexibility index (Phi) is 1.57. The predicted molar refractivity (Wildman–Crippen MR) is 43.4 cm³/mol. The van der Waals surface area contributed by atoms with Crippen LogP contribution in [0.25, 0.3) is 0 Å². The van der Waals surface area contributed by atoms with Gasteiger partial charge in [-0.3, -0.25) is 0 Å². The summed E-state index contributed by atoms with van der Waals surface area (Å²) in [6.45, 7) is 0. The first-order valence-corrected chi connectivity index (χ1v) is 4.14. The van der Waals surface area contributed by atoms with Crippen LogP contribution in [0.1, 0.15) is 25.0 Å². The van der Waals surface area contributed by atoms with Gasteiger partial charge in [0.2, 0.25) is 0 Å². The van der Waals surface area contributed by atoms with Crippen LogP contribution in [0, 0.1) is 0 Å². The Morgan fingerprint density at radius 1 is 1.45 bits per heavy atom. The van der Waals surface area contributed by atoms with E-state index in [1.54, 1.807) is 12.5 Å². The lowest BCUT2D eigenvalue weighted by atomic mass is 9.82. The summed E-state index contributed by atoms with van der Waals surface area (Å²) in [6, 6.07) is 1.90. The van der Waals surface area contributed by atoms with Crippen molar-refractivity contribution in [3.63, 3.8) is 0 Å². The van der Waals surface area contributed by atoms with E-state index in [9.17, 15) is 0 Å². The maximum atomic E-state index is 6.24. The summed E-state index contributed by atoms with van der Waals surface area (Å²) < 4.78 is 0. The molecule has 1 heterocycles. The van der Waals surface area contributed by atoms with Crippen molar-refractivity contribution in [3.05, 3.63) is 24.3 Å². The third-order valence-electron chi connectivity index (χ3n) is 2.19. The summed E-state index contributed by atoms with van der Waals surface area (Å²) in [7, 11) is 0. The van der Waals surface area contributed by atoms with E-state index >= 15 is 0 Å². The van der Waals surface area contributed by atoms with Gasteiger partial charge in [0.1, 0.15) is 6.33 Å². The van der Waals surface area contributed by atoms with Crippen molar-refractivity contribution in [2.45, 2.75) is 24.1 Å². The Hall–Kier alpha value is -0.630. The van der Waals surface area contributed by atoms with E-state index in [0.717, 1.165) is 18.5 Å². The molecule has 0 bridgehead atoms. The molecule has 0 N–H and O–H groups in total. The molecular weight excluding hydrogens is 160 g/mol. The molecule has 0 atom stereocenters. The highest BCUT2D eigenvalue weighted by Gasteiger charge is 2.37. The van der Waals surface area contributed by atoms with Gasteiger partial charge in [-0.2, -0.15) is 0 Å². The molecule has 1 aliphatic carbocycles. The van der Waals surface area contributed by atoms with Crippen LogP contribution < -0.4 is 0 Å². The Morgan fingerprint density at radius 2 is 2.27 bits per heavy atom. The second kappa shape index (κ2) is 2.45. The van der Waals surface area contributed by atoms with Gasteiger partial charge < -0.3 is 0 Å². The maximum absolute atomic E-state index is 6.24. The smallest absolute Gasteiger partial charge is 0.115 e. The van der Waals surface area contributed by atoms with Crippen molar-refractivity contribution in [1.29, 1.82) is 0 Å². The van der Waals surface area contributed by atoms with Crippen LogP contribution in [0.4, 0.5) is 0 Å². The molecule has 1 aromatic rings. The third kappa shape index (κ3) is 1.11. The van der Waals surface area contributed by atoms with E-state index in [2.05, 4.69) is 9.97 Å². The van der Waals surface area contributed by atoms with Crippen LogP contribution in [0.2, 0.25) is 0 Å². The highest BCUT2D eigenvalue weighted by atomic mass is 35.5. The zero-order valence-corrected chi connectivity index (χ0v) is 6.88. The molecule has 1 aliphatic rings. The topological polar surface area (TPSA) is 25.8 Å². The van der Waals surface area contributed by atoms with Crippen LogP contribution in [-0.4, -0.2) is 9.97 Å². The molecule has 0 saturated heterocycles. The second-order valence-electron chi connectivity index (χ2n) is 2.91. The number of rotatable bonds is 1. The average molecular weight is 169 g/mol. The molecule has 0 radical (unpaired) electrons. The summed E-state index contributed by atoms with van der Waals surface area (Å²) >= 11 is 6.24. The summed E-state index contributed by atoms with van der Waals surface area (Å²) in [5.74, 6) is 0. The molecule has 2 nitrogen and oxygen atoms in total. The first kappa shape index (κ1) is 7.04. The van der Waals surface area contributed by atoms with Gasteiger partial charge in [0.15, 0.2) is 0 Å². The second-order valence-corrected chi connectivity index (χ2v) is 3.64. The lowest BCUT2D eigenvalue weighted by molar-refractivity contribution is 0.354. The molecule has 2 rings (SSSR count). The van der Waals surface area contributed by atoms with E-state index < -0.39 is 0 Å². The minimum atomic E-state index is -0.164. The Labute approximate surface area is 70.6 Å². The fourth-order valence-electron chi connectivity index (χ4n) is 1.30. The third-order valence-corrected chi connectivity index (χ3v) is 2.76. The molecule has 58 valence electrons. The van der Waals surface area contributed by atoms with Gasteiger partial charge in [0, 0.05) is 6.20 Å². The van der Waals surface area contributed by atoms with Crippen molar-refractivity contribution in [3.8, 4) is 0 Å². The highest BCUT2D eigenvalue weighted by Crippen LogP contribution is 2.46. The molecule has 3 heteroatoms. The maximum Gasteiger partial charge on any atom is 0.115 e. The Morgan fingerprint density at radius 3 is 2.73 bits per heavy atom. The lowest BCUT2D eigenvalue weighted by Gasteiger charge is -2.34. The molecule has 0 spiro atoms. The van der Waals surface area contributed by atoms with Crippen LogP contribution in [0.3, 0.4) is 0 Å². The number of aromatic nitrogens is 2. The largest absolute Gasteiger partial charge is 0.245 e. The molecule has 1 aromatic heterocycles. The predicted octanol–water partition coefficient (Wildman–Crippen LogP) is 2.09. The quantitative estimate of drug-likeness (QED) is 0.601. The van der Waals surface area contributed by atoms with Gasteiger partial charge >= 0.3 is 0 Å². The van der Waals surface area contributed by atoms with Crippen molar-refractivity contribution >= 4 is 11.6 Å². The van der Waals surface area contributed by atoms with Crippen LogP contribution in [-0.2, 0) is 4.87 Å².